The molecule has 1 N–H and O–H groups in total. The highest BCUT2D eigenvalue weighted by atomic mass is 15.3. The number of quaternary nitrogens is 1. The second-order valence-electron chi connectivity index (χ2n) is 6.19. The fourth-order valence-corrected chi connectivity index (χ4v) is 2.24. The highest BCUT2D eigenvalue weighted by Gasteiger charge is 2.07. The van der Waals surface area contributed by atoms with Crippen molar-refractivity contribution in [3.8, 4) is 0 Å². The van der Waals surface area contributed by atoms with Crippen LogP contribution in [0.5, 0.6) is 0 Å². The minimum absolute atomic E-state index is 1.02. The predicted octanol–water partition coefficient (Wildman–Crippen LogP) is 2.17. The third kappa shape index (κ3) is 3.93. The maximum atomic E-state index is 3.51. The van der Waals surface area contributed by atoms with Crippen molar-refractivity contribution < 1.29 is 9.05 Å². The van der Waals surface area contributed by atoms with Gasteiger partial charge in [0.2, 0.25) is 5.52 Å². The molecule has 0 aliphatic rings. The Labute approximate surface area is 116 Å². The first-order chi connectivity index (χ1) is 8.96. The molecule has 0 bridgehead atoms. The van der Waals surface area contributed by atoms with E-state index in [1.165, 1.54) is 29.6 Å². The van der Waals surface area contributed by atoms with Crippen molar-refractivity contribution >= 4 is 16.6 Å². The molecule has 0 atom stereocenters. The molecule has 0 amide bonds. The van der Waals surface area contributed by atoms with Gasteiger partial charge in [-0.05, 0) is 18.2 Å². The number of nitrogens with one attached hydrogen (secondary N) is 1. The van der Waals surface area contributed by atoms with Crippen LogP contribution >= 0.6 is 0 Å². The molecule has 1 aromatic heterocycles. The van der Waals surface area contributed by atoms with Crippen molar-refractivity contribution in [2.45, 2.75) is 6.42 Å². The number of aromatic nitrogens is 1. The van der Waals surface area contributed by atoms with Crippen LogP contribution in [0.2, 0.25) is 0 Å². The van der Waals surface area contributed by atoms with Crippen LogP contribution in [0, 0.1) is 0 Å². The molecule has 0 fully saturated rings. The van der Waals surface area contributed by atoms with Gasteiger partial charge in [0, 0.05) is 36.2 Å². The van der Waals surface area contributed by atoms with Crippen LogP contribution in [0.3, 0.4) is 0 Å². The summed E-state index contributed by atoms with van der Waals surface area (Å²) in [4.78, 5) is 0. The van der Waals surface area contributed by atoms with E-state index >= 15 is 0 Å². The number of nitrogens with zero attached hydrogens (tertiary/aromatic N) is 2. The standard InChI is InChI=1S/C16H24N3/c1-18-11-5-7-14-8-9-15(13-16(14)18)17-10-6-12-19(2,3)4/h5,7-9,11,13H,6,10,12H2,1-4H3/q+1/p+1. The summed E-state index contributed by atoms with van der Waals surface area (Å²) in [5.41, 5.74) is 2.47. The fourth-order valence-electron chi connectivity index (χ4n) is 2.24. The van der Waals surface area contributed by atoms with Gasteiger partial charge in [0.25, 0.3) is 0 Å². The van der Waals surface area contributed by atoms with E-state index in [1.54, 1.807) is 0 Å². The summed E-state index contributed by atoms with van der Waals surface area (Å²) in [6, 6.07) is 10.8. The first-order valence-corrected chi connectivity index (χ1v) is 6.88. The van der Waals surface area contributed by atoms with Crippen molar-refractivity contribution in [3.63, 3.8) is 0 Å². The average molecular weight is 259 g/mol. The molecule has 1 aromatic carbocycles. The van der Waals surface area contributed by atoms with Gasteiger partial charge < -0.3 is 9.80 Å². The van der Waals surface area contributed by atoms with Crippen LogP contribution in [-0.4, -0.2) is 38.7 Å². The van der Waals surface area contributed by atoms with Gasteiger partial charge in [-0.25, -0.2) is 4.57 Å². The molecule has 3 heteroatoms. The quantitative estimate of drug-likeness (QED) is 0.494. The van der Waals surface area contributed by atoms with Crippen LogP contribution in [0.1, 0.15) is 6.42 Å². The van der Waals surface area contributed by atoms with E-state index in [1.807, 2.05) is 0 Å². The summed E-state index contributed by atoms with van der Waals surface area (Å²) < 4.78 is 3.18. The smallest absolute Gasteiger partial charge is 0.214 e. The Bertz CT molecular complexity index is 555. The molecule has 19 heavy (non-hydrogen) atoms. The number of benzene rings is 1. The Morgan fingerprint density at radius 2 is 1.95 bits per heavy atom. The first kappa shape index (κ1) is 13.8. The van der Waals surface area contributed by atoms with Crippen molar-refractivity contribution in [2.24, 2.45) is 7.05 Å². The van der Waals surface area contributed by atoms with Gasteiger partial charge in [0.05, 0.1) is 27.7 Å². The molecule has 3 nitrogen and oxygen atoms in total. The summed E-state index contributed by atoms with van der Waals surface area (Å²) in [7, 11) is 8.78. The fraction of sp³-hybridized carbons (Fsp3) is 0.438. The normalized spacial score (nSPS) is 11.8. The van der Waals surface area contributed by atoms with Crippen LogP contribution in [0.4, 0.5) is 5.69 Å². The SMILES string of the molecule is C[n+]1cccc2ccc(NCCC[N+](C)(C)C)cc21. The second kappa shape index (κ2) is 5.57. The molecular formula is C16H25N3+2. The zero-order chi connectivity index (χ0) is 13.9. The molecule has 0 unspecified atom stereocenters. The van der Waals surface area contributed by atoms with E-state index in [-0.39, 0.29) is 0 Å². The van der Waals surface area contributed by atoms with Gasteiger partial charge in [0.1, 0.15) is 7.05 Å². The number of anilines is 1. The largest absolute Gasteiger partial charge is 0.385 e. The van der Waals surface area contributed by atoms with Gasteiger partial charge in [-0.3, -0.25) is 0 Å². The lowest BCUT2D eigenvalue weighted by Gasteiger charge is -2.23. The van der Waals surface area contributed by atoms with E-state index in [9.17, 15) is 0 Å². The molecule has 0 aliphatic heterocycles. The van der Waals surface area contributed by atoms with Gasteiger partial charge in [0.15, 0.2) is 6.20 Å². The first-order valence-electron chi connectivity index (χ1n) is 6.88. The number of pyridine rings is 1. The lowest BCUT2D eigenvalue weighted by Crippen LogP contribution is -2.36. The zero-order valence-electron chi connectivity index (χ0n) is 12.5. The third-order valence-corrected chi connectivity index (χ3v) is 3.33. The van der Waals surface area contributed by atoms with Crippen molar-refractivity contribution in [2.75, 3.05) is 39.5 Å². The molecule has 0 aliphatic carbocycles. The number of rotatable bonds is 5. The maximum absolute atomic E-state index is 3.51. The van der Waals surface area contributed by atoms with E-state index < -0.39 is 0 Å². The van der Waals surface area contributed by atoms with Gasteiger partial charge in [-0.15, -0.1) is 0 Å². The Morgan fingerprint density at radius 1 is 1.16 bits per heavy atom. The van der Waals surface area contributed by atoms with Crippen molar-refractivity contribution in [1.29, 1.82) is 0 Å². The molecule has 0 radical (unpaired) electrons. The Balaban J connectivity index is 2.00. The van der Waals surface area contributed by atoms with Crippen LogP contribution in [0.15, 0.2) is 36.5 Å². The van der Waals surface area contributed by atoms with E-state index in [2.05, 4.69) is 74.6 Å². The van der Waals surface area contributed by atoms with Crippen LogP contribution < -0.4 is 9.88 Å². The zero-order valence-corrected chi connectivity index (χ0v) is 12.5. The lowest BCUT2D eigenvalue weighted by molar-refractivity contribution is -0.870. The summed E-state index contributed by atoms with van der Waals surface area (Å²) in [5, 5.41) is 4.79. The number of fused-ring (bicyclic) bond motifs is 1. The third-order valence-electron chi connectivity index (χ3n) is 3.33. The van der Waals surface area contributed by atoms with Crippen molar-refractivity contribution in [1.82, 2.24) is 0 Å². The average Bonchev–Trinajstić information content (AvgIpc) is 2.34. The van der Waals surface area contributed by atoms with Crippen LogP contribution in [-0.2, 0) is 7.05 Å². The summed E-state index contributed by atoms with van der Waals surface area (Å²) in [6.07, 6.45) is 3.27. The molecule has 2 rings (SSSR count). The number of hydrogen-bond donors (Lipinski definition) is 1. The van der Waals surface area contributed by atoms with Crippen LogP contribution in [0.25, 0.3) is 10.9 Å². The van der Waals surface area contributed by atoms with Gasteiger partial charge >= 0.3 is 0 Å². The second-order valence-corrected chi connectivity index (χ2v) is 6.19. The molecule has 0 spiro atoms. The Hall–Kier alpha value is -1.61. The molecule has 1 heterocycles. The number of aryl methyl sites for hydroxylation is 1. The van der Waals surface area contributed by atoms with E-state index in [0.29, 0.717) is 0 Å². The molecule has 102 valence electrons. The maximum Gasteiger partial charge on any atom is 0.214 e. The number of hydrogen-bond acceptors (Lipinski definition) is 1. The summed E-state index contributed by atoms with van der Waals surface area (Å²) in [6.45, 7) is 2.21. The Kier molecular flexibility index (Phi) is 4.05. The van der Waals surface area contributed by atoms with Crippen molar-refractivity contribution in [3.05, 3.63) is 36.5 Å². The lowest BCUT2D eigenvalue weighted by atomic mass is 10.2. The predicted molar refractivity (Wildman–Crippen MR) is 81.1 cm³/mol. The molecule has 0 saturated carbocycles. The Morgan fingerprint density at radius 3 is 2.68 bits per heavy atom. The molecule has 0 saturated heterocycles. The van der Waals surface area contributed by atoms with Gasteiger partial charge in [-0.2, -0.15) is 0 Å². The van der Waals surface area contributed by atoms with E-state index in [0.717, 1.165) is 11.0 Å². The van der Waals surface area contributed by atoms with E-state index in [4.69, 9.17) is 0 Å². The minimum atomic E-state index is 1.02. The summed E-state index contributed by atoms with van der Waals surface area (Å²) in [5.74, 6) is 0. The molecular weight excluding hydrogens is 234 g/mol. The molecule has 2 aromatic rings. The summed E-state index contributed by atoms with van der Waals surface area (Å²) >= 11 is 0. The monoisotopic (exact) mass is 259 g/mol. The minimum Gasteiger partial charge on any atom is -0.385 e. The van der Waals surface area contributed by atoms with Gasteiger partial charge in [-0.1, -0.05) is 0 Å². The highest BCUT2D eigenvalue weighted by Crippen LogP contribution is 2.15. The topological polar surface area (TPSA) is 15.9 Å². The highest BCUT2D eigenvalue weighted by molar-refractivity contribution is 5.79.